The van der Waals surface area contributed by atoms with Crippen LogP contribution in [0.3, 0.4) is 0 Å². The Labute approximate surface area is 97.7 Å². The standard InChI is InChI=1S/C12H17NO.C2H2/c1-9-8-13-6-5-12(9)10-3-2-4-11(14)7-10;1-2/h2-4,7,9,12-14H,5-6,8H2,1H3;1-2H/t9-,12?;/m0./s1. The molecule has 0 aromatic heterocycles. The SMILES string of the molecule is C#C.C[C@H]1CNCCC1c1cccc(O)c1. The summed E-state index contributed by atoms with van der Waals surface area (Å²) in [5, 5.41) is 12.8. The van der Waals surface area contributed by atoms with Crippen molar-refractivity contribution in [1.82, 2.24) is 5.32 Å². The van der Waals surface area contributed by atoms with Gasteiger partial charge in [0.15, 0.2) is 0 Å². The maximum Gasteiger partial charge on any atom is 0.115 e. The topological polar surface area (TPSA) is 32.3 Å². The monoisotopic (exact) mass is 217 g/mol. The van der Waals surface area contributed by atoms with Gasteiger partial charge in [-0.2, -0.15) is 0 Å². The minimum atomic E-state index is 0.383. The van der Waals surface area contributed by atoms with Crippen LogP contribution in [-0.4, -0.2) is 18.2 Å². The molecule has 2 atom stereocenters. The van der Waals surface area contributed by atoms with E-state index in [2.05, 4.69) is 31.2 Å². The second kappa shape index (κ2) is 6.19. The Bertz CT molecular complexity index is 346. The van der Waals surface area contributed by atoms with Crippen molar-refractivity contribution in [2.45, 2.75) is 19.3 Å². The molecule has 1 unspecified atom stereocenters. The Morgan fingerprint density at radius 3 is 2.75 bits per heavy atom. The highest BCUT2D eigenvalue weighted by atomic mass is 16.3. The average Bonchev–Trinajstić information content (AvgIpc) is 2.32. The molecule has 1 aromatic carbocycles. The van der Waals surface area contributed by atoms with Crippen LogP contribution in [0.5, 0.6) is 5.75 Å². The molecule has 0 spiro atoms. The zero-order valence-corrected chi connectivity index (χ0v) is 9.69. The summed E-state index contributed by atoms with van der Waals surface area (Å²) in [6, 6.07) is 7.67. The Balaban J connectivity index is 0.000000606. The van der Waals surface area contributed by atoms with Crippen molar-refractivity contribution in [3.05, 3.63) is 29.8 Å². The van der Waals surface area contributed by atoms with Gasteiger partial charge < -0.3 is 10.4 Å². The van der Waals surface area contributed by atoms with Gasteiger partial charge in [0, 0.05) is 0 Å². The number of nitrogens with one attached hydrogen (secondary N) is 1. The van der Waals surface area contributed by atoms with Crippen LogP contribution in [0.15, 0.2) is 24.3 Å². The van der Waals surface area contributed by atoms with E-state index in [4.69, 9.17) is 0 Å². The Hall–Kier alpha value is -1.46. The normalized spacial score (nSPS) is 24.2. The second-order valence-electron chi connectivity index (χ2n) is 4.17. The summed E-state index contributed by atoms with van der Waals surface area (Å²) < 4.78 is 0. The molecule has 1 aliphatic heterocycles. The smallest absolute Gasteiger partial charge is 0.115 e. The zero-order valence-electron chi connectivity index (χ0n) is 9.69. The number of phenolic OH excluding ortho intramolecular Hbond substituents is 1. The fourth-order valence-electron chi connectivity index (χ4n) is 2.26. The summed E-state index contributed by atoms with van der Waals surface area (Å²) in [6.45, 7) is 4.44. The van der Waals surface area contributed by atoms with E-state index in [1.165, 1.54) is 12.0 Å². The Morgan fingerprint density at radius 2 is 2.12 bits per heavy atom. The molecule has 86 valence electrons. The first-order chi connectivity index (χ1) is 7.77. The molecule has 16 heavy (non-hydrogen) atoms. The molecule has 2 heteroatoms. The largest absolute Gasteiger partial charge is 0.508 e. The fourth-order valence-corrected chi connectivity index (χ4v) is 2.26. The highest BCUT2D eigenvalue weighted by Crippen LogP contribution is 2.31. The quantitative estimate of drug-likeness (QED) is 0.708. The van der Waals surface area contributed by atoms with E-state index < -0.39 is 0 Å². The van der Waals surface area contributed by atoms with Gasteiger partial charge in [0.05, 0.1) is 0 Å². The summed E-state index contributed by atoms with van der Waals surface area (Å²) in [4.78, 5) is 0. The van der Waals surface area contributed by atoms with Gasteiger partial charge in [-0.1, -0.05) is 19.1 Å². The predicted octanol–water partition coefficient (Wildman–Crippen LogP) is 2.35. The van der Waals surface area contributed by atoms with E-state index in [-0.39, 0.29) is 0 Å². The van der Waals surface area contributed by atoms with Crippen molar-refractivity contribution < 1.29 is 5.11 Å². The van der Waals surface area contributed by atoms with E-state index in [1.54, 1.807) is 6.07 Å². The molecule has 0 radical (unpaired) electrons. The van der Waals surface area contributed by atoms with Crippen LogP contribution < -0.4 is 5.32 Å². The average molecular weight is 217 g/mol. The molecular weight excluding hydrogens is 198 g/mol. The van der Waals surface area contributed by atoms with E-state index >= 15 is 0 Å². The number of benzene rings is 1. The molecule has 0 bridgehead atoms. The predicted molar refractivity (Wildman–Crippen MR) is 67.4 cm³/mol. The summed E-state index contributed by atoms with van der Waals surface area (Å²) in [7, 11) is 0. The van der Waals surface area contributed by atoms with Gasteiger partial charge in [0.1, 0.15) is 5.75 Å². The van der Waals surface area contributed by atoms with Gasteiger partial charge in [-0.25, -0.2) is 0 Å². The van der Waals surface area contributed by atoms with Crippen LogP contribution in [0.4, 0.5) is 0 Å². The minimum absolute atomic E-state index is 0.383. The summed E-state index contributed by atoms with van der Waals surface area (Å²) in [5.74, 6) is 1.64. The Morgan fingerprint density at radius 1 is 1.38 bits per heavy atom. The third kappa shape index (κ3) is 3.01. The van der Waals surface area contributed by atoms with E-state index in [9.17, 15) is 5.11 Å². The molecule has 1 saturated heterocycles. The molecule has 1 fully saturated rings. The molecule has 1 aromatic rings. The highest BCUT2D eigenvalue weighted by Gasteiger charge is 2.22. The molecule has 0 saturated carbocycles. The number of terminal acetylenes is 1. The van der Waals surface area contributed by atoms with Crippen LogP contribution in [0.25, 0.3) is 0 Å². The summed E-state index contributed by atoms with van der Waals surface area (Å²) >= 11 is 0. The minimum Gasteiger partial charge on any atom is -0.508 e. The van der Waals surface area contributed by atoms with Crippen LogP contribution in [-0.2, 0) is 0 Å². The van der Waals surface area contributed by atoms with E-state index in [0.29, 0.717) is 17.6 Å². The van der Waals surface area contributed by atoms with Gasteiger partial charge in [-0.3, -0.25) is 0 Å². The van der Waals surface area contributed by atoms with E-state index in [0.717, 1.165) is 13.1 Å². The highest BCUT2D eigenvalue weighted by molar-refractivity contribution is 5.30. The first-order valence-corrected chi connectivity index (χ1v) is 5.60. The van der Waals surface area contributed by atoms with Crippen molar-refractivity contribution in [3.63, 3.8) is 0 Å². The first kappa shape index (κ1) is 12.6. The number of phenols is 1. The third-order valence-corrected chi connectivity index (χ3v) is 3.08. The van der Waals surface area contributed by atoms with Gasteiger partial charge in [-0.05, 0) is 49.0 Å². The van der Waals surface area contributed by atoms with Gasteiger partial charge >= 0.3 is 0 Å². The fraction of sp³-hybridized carbons (Fsp3) is 0.429. The lowest BCUT2D eigenvalue weighted by molar-refractivity contribution is 0.348. The lowest BCUT2D eigenvalue weighted by atomic mass is 9.82. The molecule has 0 amide bonds. The molecule has 2 nitrogen and oxygen atoms in total. The number of hydrogen-bond donors (Lipinski definition) is 2. The molecular formula is C14H19NO. The lowest BCUT2D eigenvalue weighted by Crippen LogP contribution is -2.33. The van der Waals surface area contributed by atoms with Crippen molar-refractivity contribution in [2.24, 2.45) is 5.92 Å². The van der Waals surface area contributed by atoms with Crippen LogP contribution in [0.2, 0.25) is 0 Å². The number of hydrogen-bond acceptors (Lipinski definition) is 2. The molecule has 1 aliphatic rings. The molecule has 0 aliphatic carbocycles. The van der Waals surface area contributed by atoms with Crippen LogP contribution in [0, 0.1) is 18.8 Å². The number of aromatic hydroxyl groups is 1. The summed E-state index contributed by atoms with van der Waals surface area (Å²) in [5.41, 5.74) is 1.28. The summed E-state index contributed by atoms with van der Waals surface area (Å²) in [6.07, 6.45) is 9.17. The molecule has 2 N–H and O–H groups in total. The van der Waals surface area contributed by atoms with Crippen molar-refractivity contribution >= 4 is 0 Å². The van der Waals surface area contributed by atoms with Gasteiger partial charge in [-0.15, -0.1) is 12.8 Å². The van der Waals surface area contributed by atoms with Gasteiger partial charge in [0.25, 0.3) is 0 Å². The Kier molecular flexibility index (Phi) is 4.88. The maximum absolute atomic E-state index is 9.41. The van der Waals surface area contributed by atoms with Gasteiger partial charge in [0.2, 0.25) is 0 Å². The van der Waals surface area contributed by atoms with Crippen LogP contribution >= 0.6 is 0 Å². The van der Waals surface area contributed by atoms with E-state index in [1.807, 2.05) is 12.1 Å². The second-order valence-corrected chi connectivity index (χ2v) is 4.17. The van der Waals surface area contributed by atoms with Crippen LogP contribution in [0.1, 0.15) is 24.8 Å². The van der Waals surface area contributed by atoms with Crippen molar-refractivity contribution in [1.29, 1.82) is 0 Å². The molecule has 1 heterocycles. The lowest BCUT2D eigenvalue weighted by Gasteiger charge is -2.29. The first-order valence-electron chi connectivity index (χ1n) is 5.60. The maximum atomic E-state index is 9.41. The van der Waals surface area contributed by atoms with Crippen molar-refractivity contribution in [3.8, 4) is 18.6 Å². The zero-order chi connectivity index (χ0) is 12.0. The van der Waals surface area contributed by atoms with Crippen molar-refractivity contribution in [2.75, 3.05) is 13.1 Å². The molecule has 2 rings (SSSR count). The number of rotatable bonds is 1. The third-order valence-electron chi connectivity index (χ3n) is 3.08. The number of piperidine rings is 1.